The van der Waals surface area contributed by atoms with E-state index in [2.05, 4.69) is 239 Å². The Morgan fingerprint density at radius 2 is 1.05 bits per heavy atom. The minimum Gasteiger partial charge on any atom is -0.334 e. The molecule has 3 nitrogen and oxygen atoms in total. The highest BCUT2D eigenvalue weighted by Gasteiger charge is 2.61. The molecule has 6 aromatic rings. The summed E-state index contributed by atoms with van der Waals surface area (Å²) in [6.45, 7) is 33.9. The summed E-state index contributed by atoms with van der Waals surface area (Å²) < 4.78 is 0. The number of fused-ring (bicyclic) bond motifs is 7. The van der Waals surface area contributed by atoms with Gasteiger partial charge < -0.3 is 14.7 Å². The van der Waals surface area contributed by atoms with Gasteiger partial charge in [0.2, 0.25) is 0 Å². The second kappa shape index (κ2) is 14.1. The molecule has 0 bridgehead atoms. The van der Waals surface area contributed by atoms with Gasteiger partial charge in [-0.1, -0.05) is 163 Å². The number of rotatable bonds is 3. The predicted molar refractivity (Wildman–Crippen MR) is 278 cm³/mol. The van der Waals surface area contributed by atoms with Crippen molar-refractivity contribution in [2.75, 3.05) is 14.7 Å². The van der Waals surface area contributed by atoms with E-state index in [1.807, 2.05) is 0 Å². The second-order valence-electron chi connectivity index (χ2n) is 24.4. The molecule has 3 unspecified atom stereocenters. The maximum absolute atomic E-state index is 2.83. The van der Waals surface area contributed by atoms with Crippen LogP contribution in [0.2, 0.25) is 0 Å². The van der Waals surface area contributed by atoms with Gasteiger partial charge in [-0.25, -0.2) is 0 Å². The molecule has 1 fully saturated rings. The van der Waals surface area contributed by atoms with Crippen molar-refractivity contribution in [2.45, 2.75) is 143 Å². The summed E-state index contributed by atoms with van der Waals surface area (Å²) in [6, 6.07) is 49.8. The Morgan fingerprint density at radius 3 is 1.70 bits per heavy atom. The lowest BCUT2D eigenvalue weighted by atomic mass is 9.33. The summed E-state index contributed by atoms with van der Waals surface area (Å²) >= 11 is 0. The first-order valence-corrected chi connectivity index (χ1v) is 24.1. The Kier molecular flexibility index (Phi) is 9.44. The highest BCUT2D eigenvalue weighted by molar-refractivity contribution is 7.00. The molecule has 6 aromatic carbocycles. The standard InChI is InChI=1S/C60H70BN3/c1-55(2,3)39-21-20-24-44(33-39)63-51-35-41(57(7,8)9)27-29-48(51)61-47-25-18-19-26-50(47)62(43-22-16-15-17-23-43)52-36-45(37-53(63)54(52)61)64-49-30-28-40(56(4,5)6)34-46(49)59(13)38-42(58(10,11)12)31-32-60(59,64)14/h15-30,33-37,42H,31-32,38H2,1-14H3. The summed E-state index contributed by atoms with van der Waals surface area (Å²) in [7, 11) is 0. The fourth-order valence-electron chi connectivity index (χ4n) is 12.1. The van der Waals surface area contributed by atoms with Crippen molar-refractivity contribution in [1.29, 1.82) is 0 Å². The summed E-state index contributed by atoms with van der Waals surface area (Å²) in [4.78, 5) is 8.05. The van der Waals surface area contributed by atoms with Crippen molar-refractivity contribution >= 4 is 68.6 Å². The lowest BCUT2D eigenvalue weighted by Gasteiger charge is -2.55. The SMILES string of the molecule is CC(C)(C)c1cccc(N2c3cc(C(C)(C)C)ccc3B3c4ccccc4N(c4ccccc4)c4cc(N5c6ccc(C(C)(C)C)cc6C6(C)CC(C(C)(C)C)CCC56C)cc2c43)c1. The van der Waals surface area contributed by atoms with Crippen LogP contribution in [0.15, 0.2) is 127 Å². The van der Waals surface area contributed by atoms with Gasteiger partial charge in [0.25, 0.3) is 6.71 Å². The first kappa shape index (κ1) is 42.7. The second-order valence-corrected chi connectivity index (χ2v) is 24.4. The zero-order chi connectivity index (χ0) is 45.5. The van der Waals surface area contributed by atoms with Crippen LogP contribution in [0.25, 0.3) is 0 Å². The van der Waals surface area contributed by atoms with Gasteiger partial charge in [-0.3, -0.25) is 0 Å². The van der Waals surface area contributed by atoms with Crippen molar-refractivity contribution < 1.29 is 0 Å². The van der Waals surface area contributed by atoms with Gasteiger partial charge in [-0.2, -0.15) is 0 Å². The van der Waals surface area contributed by atoms with Crippen molar-refractivity contribution in [1.82, 2.24) is 0 Å². The normalized spacial score (nSPS) is 21.6. The monoisotopic (exact) mass is 844 g/mol. The van der Waals surface area contributed by atoms with Gasteiger partial charge in [0.15, 0.2) is 0 Å². The largest absolute Gasteiger partial charge is 0.334 e. The quantitative estimate of drug-likeness (QED) is 0.164. The lowest BCUT2D eigenvalue weighted by Crippen LogP contribution is -2.61. The zero-order valence-electron chi connectivity index (χ0n) is 41.2. The Labute approximate surface area is 386 Å². The van der Waals surface area contributed by atoms with E-state index in [1.54, 1.807) is 0 Å². The van der Waals surface area contributed by atoms with E-state index in [0.717, 1.165) is 6.42 Å². The molecule has 3 aliphatic heterocycles. The average molecular weight is 844 g/mol. The summed E-state index contributed by atoms with van der Waals surface area (Å²) in [5.41, 5.74) is 19.8. The third-order valence-electron chi connectivity index (χ3n) is 16.3. The molecule has 0 amide bonds. The van der Waals surface area contributed by atoms with E-state index in [9.17, 15) is 0 Å². The van der Waals surface area contributed by atoms with Gasteiger partial charge in [0.1, 0.15) is 0 Å². The molecule has 4 aliphatic rings. The first-order chi connectivity index (χ1) is 30.0. The topological polar surface area (TPSA) is 9.72 Å². The Morgan fingerprint density at radius 1 is 0.484 bits per heavy atom. The molecular formula is C60H70BN3. The van der Waals surface area contributed by atoms with Gasteiger partial charge in [0, 0.05) is 50.9 Å². The van der Waals surface area contributed by atoms with Crippen LogP contribution < -0.4 is 31.1 Å². The van der Waals surface area contributed by atoms with E-state index in [1.165, 1.54) is 97.0 Å². The third-order valence-corrected chi connectivity index (χ3v) is 16.3. The van der Waals surface area contributed by atoms with Crippen molar-refractivity contribution in [3.63, 3.8) is 0 Å². The van der Waals surface area contributed by atoms with Crippen LogP contribution in [0.5, 0.6) is 0 Å². The number of nitrogens with zero attached hydrogens (tertiary/aromatic N) is 3. The van der Waals surface area contributed by atoms with Crippen LogP contribution in [-0.2, 0) is 21.7 Å². The molecule has 4 heteroatoms. The Hall–Kier alpha value is -5.22. The molecule has 0 radical (unpaired) electrons. The summed E-state index contributed by atoms with van der Waals surface area (Å²) in [5, 5.41) is 0. The molecule has 328 valence electrons. The van der Waals surface area contributed by atoms with Crippen LogP contribution in [0, 0.1) is 11.3 Å². The van der Waals surface area contributed by atoms with E-state index >= 15 is 0 Å². The van der Waals surface area contributed by atoms with Crippen LogP contribution >= 0.6 is 0 Å². The highest BCUT2D eigenvalue weighted by atomic mass is 15.3. The first-order valence-electron chi connectivity index (χ1n) is 24.1. The molecule has 10 rings (SSSR count). The number of benzene rings is 6. The van der Waals surface area contributed by atoms with Gasteiger partial charge >= 0.3 is 0 Å². The molecule has 3 atom stereocenters. The average Bonchev–Trinajstić information content (AvgIpc) is 3.44. The van der Waals surface area contributed by atoms with E-state index in [-0.39, 0.29) is 39.3 Å². The smallest absolute Gasteiger partial charge is 0.252 e. The Bertz CT molecular complexity index is 2810. The number of hydrogen-bond donors (Lipinski definition) is 0. The third kappa shape index (κ3) is 6.43. The van der Waals surface area contributed by atoms with E-state index in [0.29, 0.717) is 5.92 Å². The predicted octanol–water partition coefficient (Wildman–Crippen LogP) is 14.7. The molecule has 3 heterocycles. The fraction of sp³-hybridized carbons (Fsp3) is 0.400. The maximum atomic E-state index is 2.83. The van der Waals surface area contributed by atoms with E-state index < -0.39 is 0 Å². The molecule has 0 N–H and O–H groups in total. The van der Waals surface area contributed by atoms with Crippen LogP contribution in [-0.4, -0.2) is 12.3 Å². The van der Waals surface area contributed by atoms with Crippen molar-refractivity contribution in [2.24, 2.45) is 11.3 Å². The number of anilines is 8. The molecule has 1 aliphatic carbocycles. The Balaban J connectivity index is 1.32. The van der Waals surface area contributed by atoms with Crippen LogP contribution in [0.1, 0.15) is 138 Å². The molecule has 0 saturated heterocycles. The van der Waals surface area contributed by atoms with Crippen LogP contribution in [0.4, 0.5) is 45.5 Å². The zero-order valence-corrected chi connectivity index (χ0v) is 41.2. The fourth-order valence-corrected chi connectivity index (χ4v) is 12.1. The lowest BCUT2D eigenvalue weighted by molar-refractivity contribution is 0.0786. The number of hydrogen-bond acceptors (Lipinski definition) is 3. The molecule has 1 saturated carbocycles. The van der Waals surface area contributed by atoms with Crippen LogP contribution in [0.3, 0.4) is 0 Å². The van der Waals surface area contributed by atoms with E-state index in [4.69, 9.17) is 0 Å². The molecular weight excluding hydrogens is 773 g/mol. The maximum Gasteiger partial charge on any atom is 0.252 e. The summed E-state index contributed by atoms with van der Waals surface area (Å²) in [5.74, 6) is 0.631. The number of para-hydroxylation sites is 2. The van der Waals surface area contributed by atoms with Gasteiger partial charge in [-0.15, -0.1) is 0 Å². The minimum absolute atomic E-state index is 0.00907. The molecule has 0 aromatic heterocycles. The highest BCUT2D eigenvalue weighted by Crippen LogP contribution is 2.64. The molecule has 64 heavy (non-hydrogen) atoms. The van der Waals surface area contributed by atoms with Crippen molar-refractivity contribution in [3.8, 4) is 0 Å². The molecule has 0 spiro atoms. The van der Waals surface area contributed by atoms with Gasteiger partial charge in [-0.05, 0) is 147 Å². The van der Waals surface area contributed by atoms with Crippen molar-refractivity contribution in [3.05, 3.63) is 150 Å². The minimum atomic E-state index is -0.152. The van der Waals surface area contributed by atoms with Gasteiger partial charge in [0.05, 0.1) is 5.54 Å². The summed E-state index contributed by atoms with van der Waals surface area (Å²) in [6.07, 6.45) is 3.51.